The monoisotopic (exact) mass is 336 g/mol. The lowest BCUT2D eigenvalue weighted by Crippen LogP contribution is -2.22. The minimum Gasteiger partial charge on any atom is -0.478 e. The highest BCUT2D eigenvalue weighted by Gasteiger charge is 2.08. The van der Waals surface area contributed by atoms with E-state index >= 15 is 0 Å². The van der Waals surface area contributed by atoms with Crippen molar-refractivity contribution in [1.29, 1.82) is 0 Å². The van der Waals surface area contributed by atoms with Gasteiger partial charge in [-0.2, -0.15) is 0 Å². The Hall–Kier alpha value is -2.08. The molecule has 0 fully saturated rings. The van der Waals surface area contributed by atoms with Crippen molar-refractivity contribution in [2.75, 3.05) is 11.9 Å². The van der Waals surface area contributed by atoms with E-state index in [1.807, 2.05) is 12.1 Å². The molecule has 5 nitrogen and oxygen atoms in total. The molecule has 0 aliphatic carbocycles. The van der Waals surface area contributed by atoms with Crippen molar-refractivity contribution in [3.63, 3.8) is 0 Å². The molecule has 0 spiro atoms. The highest BCUT2D eigenvalue weighted by atomic mass is 79.9. The molecule has 0 atom stereocenters. The predicted molar refractivity (Wildman–Crippen MR) is 80.1 cm³/mol. The SMILES string of the molecule is Cc1[nH]ccc(=O)c1OCC(=O)Nc1ccc(Br)cc1. The number of halogens is 1. The van der Waals surface area contributed by atoms with Crippen LogP contribution in [-0.2, 0) is 4.79 Å². The minimum atomic E-state index is -0.324. The zero-order valence-electron chi connectivity index (χ0n) is 10.8. The molecular weight excluding hydrogens is 324 g/mol. The Morgan fingerprint density at radius 3 is 2.65 bits per heavy atom. The summed E-state index contributed by atoms with van der Waals surface area (Å²) < 4.78 is 6.19. The van der Waals surface area contributed by atoms with Crippen molar-refractivity contribution in [2.24, 2.45) is 0 Å². The molecule has 0 unspecified atom stereocenters. The molecule has 1 aromatic carbocycles. The fourth-order valence-electron chi connectivity index (χ4n) is 1.62. The number of carbonyl (C=O) groups is 1. The van der Waals surface area contributed by atoms with Crippen LogP contribution in [0.4, 0.5) is 5.69 Å². The van der Waals surface area contributed by atoms with E-state index < -0.39 is 0 Å². The Labute approximate surface area is 124 Å². The molecule has 0 saturated carbocycles. The zero-order chi connectivity index (χ0) is 14.5. The van der Waals surface area contributed by atoms with Crippen LogP contribution in [0.15, 0.2) is 45.8 Å². The number of amides is 1. The van der Waals surface area contributed by atoms with Gasteiger partial charge in [0.1, 0.15) is 0 Å². The average molecular weight is 337 g/mol. The Balaban J connectivity index is 1.96. The van der Waals surface area contributed by atoms with Gasteiger partial charge in [0.25, 0.3) is 5.91 Å². The van der Waals surface area contributed by atoms with Gasteiger partial charge in [0.2, 0.25) is 5.43 Å². The number of hydrogen-bond donors (Lipinski definition) is 2. The molecule has 0 aliphatic rings. The predicted octanol–water partition coefficient (Wildman–Crippen LogP) is 2.46. The van der Waals surface area contributed by atoms with Gasteiger partial charge in [-0.15, -0.1) is 0 Å². The van der Waals surface area contributed by atoms with Crippen LogP contribution in [-0.4, -0.2) is 17.5 Å². The molecule has 104 valence electrons. The molecule has 0 bridgehead atoms. The summed E-state index contributed by atoms with van der Waals surface area (Å²) in [6.07, 6.45) is 1.53. The van der Waals surface area contributed by atoms with E-state index in [-0.39, 0.29) is 23.7 Å². The number of ether oxygens (including phenoxy) is 1. The van der Waals surface area contributed by atoms with Crippen molar-refractivity contribution in [2.45, 2.75) is 6.92 Å². The number of benzene rings is 1. The number of pyridine rings is 1. The van der Waals surface area contributed by atoms with Crippen LogP contribution in [0.25, 0.3) is 0 Å². The van der Waals surface area contributed by atoms with Gasteiger partial charge in [0.05, 0.1) is 5.69 Å². The van der Waals surface area contributed by atoms with Gasteiger partial charge < -0.3 is 15.0 Å². The van der Waals surface area contributed by atoms with Crippen LogP contribution in [0.1, 0.15) is 5.69 Å². The van der Waals surface area contributed by atoms with E-state index in [4.69, 9.17) is 4.74 Å². The second-order valence-electron chi connectivity index (χ2n) is 4.14. The first kappa shape index (κ1) is 14.3. The van der Waals surface area contributed by atoms with Gasteiger partial charge >= 0.3 is 0 Å². The molecule has 2 N–H and O–H groups in total. The second kappa shape index (κ2) is 6.38. The van der Waals surface area contributed by atoms with E-state index in [1.54, 1.807) is 19.1 Å². The highest BCUT2D eigenvalue weighted by molar-refractivity contribution is 9.10. The molecule has 6 heteroatoms. The lowest BCUT2D eigenvalue weighted by atomic mass is 10.3. The molecule has 0 radical (unpaired) electrons. The fourth-order valence-corrected chi connectivity index (χ4v) is 1.88. The maximum Gasteiger partial charge on any atom is 0.262 e. The highest BCUT2D eigenvalue weighted by Crippen LogP contribution is 2.14. The lowest BCUT2D eigenvalue weighted by Gasteiger charge is -2.08. The summed E-state index contributed by atoms with van der Waals surface area (Å²) in [5.41, 5.74) is 1.01. The van der Waals surface area contributed by atoms with Gasteiger partial charge in [-0.05, 0) is 31.2 Å². The maximum absolute atomic E-state index is 11.7. The minimum absolute atomic E-state index is 0.165. The molecule has 0 aliphatic heterocycles. The first-order chi connectivity index (χ1) is 9.56. The van der Waals surface area contributed by atoms with Crippen LogP contribution >= 0.6 is 15.9 Å². The number of aromatic amines is 1. The van der Waals surface area contributed by atoms with Crippen LogP contribution in [0.5, 0.6) is 5.75 Å². The van der Waals surface area contributed by atoms with Crippen LogP contribution in [0, 0.1) is 6.92 Å². The van der Waals surface area contributed by atoms with E-state index in [0.717, 1.165) is 4.47 Å². The first-order valence-corrected chi connectivity index (χ1v) is 6.72. The number of hydrogen-bond acceptors (Lipinski definition) is 3. The number of carbonyl (C=O) groups excluding carboxylic acids is 1. The van der Waals surface area contributed by atoms with E-state index in [1.165, 1.54) is 12.3 Å². The summed E-state index contributed by atoms with van der Waals surface area (Å²) in [6, 6.07) is 8.53. The summed E-state index contributed by atoms with van der Waals surface area (Å²) in [6.45, 7) is 1.49. The van der Waals surface area contributed by atoms with Crippen LogP contribution in [0.3, 0.4) is 0 Å². The number of H-pyrrole nitrogens is 1. The third kappa shape index (κ3) is 3.71. The Bertz CT molecular complexity index is 665. The summed E-state index contributed by atoms with van der Waals surface area (Å²) >= 11 is 3.31. The molecule has 2 rings (SSSR count). The molecule has 1 amide bonds. The van der Waals surface area contributed by atoms with Crippen molar-refractivity contribution in [3.8, 4) is 5.75 Å². The van der Waals surface area contributed by atoms with Crippen molar-refractivity contribution < 1.29 is 9.53 Å². The fraction of sp³-hybridized carbons (Fsp3) is 0.143. The molecule has 0 saturated heterocycles. The van der Waals surface area contributed by atoms with Crippen LogP contribution in [0.2, 0.25) is 0 Å². The third-order valence-corrected chi connectivity index (χ3v) is 3.10. The molecular formula is C14H13BrN2O3. The van der Waals surface area contributed by atoms with Crippen molar-refractivity contribution >= 4 is 27.5 Å². The normalized spacial score (nSPS) is 10.1. The summed E-state index contributed by atoms with van der Waals surface area (Å²) in [5.74, 6) is -0.159. The number of rotatable bonds is 4. The molecule has 1 heterocycles. The van der Waals surface area contributed by atoms with Crippen molar-refractivity contribution in [1.82, 2.24) is 4.98 Å². The zero-order valence-corrected chi connectivity index (χ0v) is 12.4. The first-order valence-electron chi connectivity index (χ1n) is 5.93. The number of nitrogens with one attached hydrogen (secondary N) is 2. The Morgan fingerprint density at radius 2 is 2.00 bits per heavy atom. The number of aromatic nitrogens is 1. The van der Waals surface area contributed by atoms with Gasteiger partial charge in [-0.25, -0.2) is 0 Å². The van der Waals surface area contributed by atoms with Gasteiger partial charge in [-0.3, -0.25) is 9.59 Å². The number of anilines is 1. The quantitative estimate of drug-likeness (QED) is 0.900. The lowest BCUT2D eigenvalue weighted by molar-refractivity contribution is -0.118. The molecule has 20 heavy (non-hydrogen) atoms. The summed E-state index contributed by atoms with van der Waals surface area (Å²) in [7, 11) is 0. The maximum atomic E-state index is 11.7. The second-order valence-corrected chi connectivity index (χ2v) is 5.06. The Morgan fingerprint density at radius 1 is 1.30 bits per heavy atom. The largest absolute Gasteiger partial charge is 0.478 e. The standard InChI is InChI=1S/C14H13BrN2O3/c1-9-14(12(18)6-7-16-9)20-8-13(19)17-11-4-2-10(15)3-5-11/h2-7H,8H2,1H3,(H,16,18)(H,17,19). The van der Waals surface area contributed by atoms with Gasteiger partial charge in [-0.1, -0.05) is 15.9 Å². The van der Waals surface area contributed by atoms with Crippen molar-refractivity contribution in [3.05, 3.63) is 56.9 Å². The molecule has 2 aromatic rings. The van der Waals surface area contributed by atoms with Gasteiger partial charge in [0, 0.05) is 22.4 Å². The smallest absolute Gasteiger partial charge is 0.262 e. The van der Waals surface area contributed by atoms with E-state index in [0.29, 0.717) is 11.4 Å². The average Bonchev–Trinajstić information content (AvgIpc) is 2.41. The van der Waals surface area contributed by atoms with E-state index in [2.05, 4.69) is 26.2 Å². The summed E-state index contributed by atoms with van der Waals surface area (Å²) in [5, 5.41) is 2.68. The van der Waals surface area contributed by atoms with Gasteiger partial charge in [0.15, 0.2) is 12.4 Å². The summed E-state index contributed by atoms with van der Waals surface area (Å²) in [4.78, 5) is 26.2. The van der Waals surface area contributed by atoms with Crippen LogP contribution < -0.4 is 15.5 Å². The van der Waals surface area contributed by atoms with E-state index in [9.17, 15) is 9.59 Å². The number of aryl methyl sites for hydroxylation is 1. The topological polar surface area (TPSA) is 71.2 Å². The molecule has 1 aromatic heterocycles. The third-order valence-electron chi connectivity index (χ3n) is 2.57. The Kier molecular flexibility index (Phi) is 4.57.